The summed E-state index contributed by atoms with van der Waals surface area (Å²) in [6, 6.07) is 1.93. The van der Waals surface area contributed by atoms with Crippen LogP contribution >= 0.6 is 11.3 Å². The molecule has 114 valence electrons. The van der Waals surface area contributed by atoms with Gasteiger partial charge in [-0.3, -0.25) is 0 Å². The van der Waals surface area contributed by atoms with Crippen molar-refractivity contribution in [2.75, 3.05) is 33.4 Å². The molecule has 0 fully saturated rings. The number of methoxy groups -OCH3 is 1. The highest BCUT2D eigenvalue weighted by Crippen LogP contribution is 2.23. The zero-order valence-corrected chi connectivity index (χ0v) is 13.3. The van der Waals surface area contributed by atoms with Gasteiger partial charge in [0.2, 0.25) is 0 Å². The number of nitrogens with one attached hydrogen (secondary N) is 2. The third-order valence-electron chi connectivity index (χ3n) is 2.85. The van der Waals surface area contributed by atoms with Crippen molar-refractivity contribution in [2.24, 2.45) is 4.99 Å². The van der Waals surface area contributed by atoms with Gasteiger partial charge in [0.15, 0.2) is 5.96 Å². The van der Waals surface area contributed by atoms with Gasteiger partial charge in [0, 0.05) is 26.8 Å². The maximum atomic E-state index is 10.4. The standard InChI is InChI=1S/C14H25N3O2S/c1-4-15-13(16-7-5-8-19-3)17-11-14(2,18)12-6-9-20-10-12/h6,9-10,18H,4-5,7-8,11H2,1-3H3,(H2,15,16,17). The first-order chi connectivity index (χ1) is 9.60. The molecule has 0 bridgehead atoms. The summed E-state index contributed by atoms with van der Waals surface area (Å²) < 4.78 is 5.01. The van der Waals surface area contributed by atoms with E-state index >= 15 is 0 Å². The third-order valence-corrected chi connectivity index (χ3v) is 3.53. The molecule has 5 nitrogen and oxygen atoms in total. The zero-order valence-electron chi connectivity index (χ0n) is 12.5. The Balaban J connectivity index is 2.53. The van der Waals surface area contributed by atoms with Gasteiger partial charge in [0.25, 0.3) is 0 Å². The summed E-state index contributed by atoms with van der Waals surface area (Å²) in [5.74, 6) is 0.721. The largest absolute Gasteiger partial charge is 0.385 e. The number of nitrogens with zero attached hydrogens (tertiary/aromatic N) is 1. The Morgan fingerprint density at radius 3 is 2.90 bits per heavy atom. The number of aliphatic hydroxyl groups is 1. The fourth-order valence-corrected chi connectivity index (χ4v) is 2.44. The van der Waals surface area contributed by atoms with E-state index in [0.29, 0.717) is 6.54 Å². The number of ether oxygens (including phenoxy) is 1. The van der Waals surface area contributed by atoms with Crippen molar-refractivity contribution in [3.63, 3.8) is 0 Å². The Bertz CT molecular complexity index is 391. The topological polar surface area (TPSA) is 65.9 Å². The van der Waals surface area contributed by atoms with Crippen LogP contribution in [0.15, 0.2) is 21.8 Å². The Hall–Kier alpha value is -1.11. The number of hydrogen-bond donors (Lipinski definition) is 3. The highest BCUT2D eigenvalue weighted by atomic mass is 32.1. The van der Waals surface area contributed by atoms with Crippen LogP contribution in [-0.2, 0) is 10.3 Å². The van der Waals surface area contributed by atoms with Crippen LogP contribution in [0, 0.1) is 0 Å². The number of guanidine groups is 1. The fourth-order valence-electron chi connectivity index (χ4n) is 1.66. The van der Waals surface area contributed by atoms with E-state index in [1.807, 2.05) is 23.8 Å². The summed E-state index contributed by atoms with van der Waals surface area (Å²) in [7, 11) is 1.69. The highest BCUT2D eigenvalue weighted by Gasteiger charge is 2.23. The fraction of sp³-hybridized carbons (Fsp3) is 0.643. The van der Waals surface area contributed by atoms with Crippen molar-refractivity contribution < 1.29 is 9.84 Å². The molecule has 0 radical (unpaired) electrons. The lowest BCUT2D eigenvalue weighted by Crippen LogP contribution is -2.39. The maximum Gasteiger partial charge on any atom is 0.191 e. The molecule has 0 amide bonds. The van der Waals surface area contributed by atoms with Gasteiger partial charge in [-0.25, -0.2) is 4.99 Å². The molecule has 1 aromatic heterocycles. The molecule has 0 aliphatic heterocycles. The molecule has 0 saturated carbocycles. The molecule has 20 heavy (non-hydrogen) atoms. The molecule has 1 aromatic rings. The van der Waals surface area contributed by atoms with Gasteiger partial charge in [0.05, 0.1) is 6.54 Å². The lowest BCUT2D eigenvalue weighted by Gasteiger charge is -2.21. The van der Waals surface area contributed by atoms with Crippen LogP contribution in [-0.4, -0.2) is 44.4 Å². The number of hydrogen-bond acceptors (Lipinski definition) is 4. The van der Waals surface area contributed by atoms with Gasteiger partial charge in [-0.05, 0) is 42.7 Å². The maximum absolute atomic E-state index is 10.4. The van der Waals surface area contributed by atoms with Gasteiger partial charge in [-0.15, -0.1) is 0 Å². The number of rotatable bonds is 8. The van der Waals surface area contributed by atoms with Crippen molar-refractivity contribution in [1.82, 2.24) is 10.6 Å². The highest BCUT2D eigenvalue weighted by molar-refractivity contribution is 7.08. The van der Waals surface area contributed by atoms with E-state index in [9.17, 15) is 5.11 Å². The van der Waals surface area contributed by atoms with Crippen LogP contribution in [0.4, 0.5) is 0 Å². The first-order valence-corrected chi connectivity index (χ1v) is 7.80. The molecule has 0 saturated heterocycles. The first-order valence-electron chi connectivity index (χ1n) is 6.86. The Morgan fingerprint density at radius 2 is 2.30 bits per heavy atom. The normalized spacial score (nSPS) is 14.9. The summed E-state index contributed by atoms with van der Waals surface area (Å²) in [5, 5.41) is 20.7. The molecular weight excluding hydrogens is 274 g/mol. The molecule has 0 spiro atoms. The molecule has 3 N–H and O–H groups in total. The molecule has 0 aliphatic carbocycles. The molecule has 6 heteroatoms. The summed E-state index contributed by atoms with van der Waals surface area (Å²) in [6.07, 6.45) is 0.918. The van der Waals surface area contributed by atoms with E-state index < -0.39 is 5.60 Å². The van der Waals surface area contributed by atoms with Crippen LogP contribution in [0.1, 0.15) is 25.8 Å². The quantitative estimate of drug-likeness (QED) is 0.387. The Morgan fingerprint density at radius 1 is 1.50 bits per heavy atom. The van der Waals surface area contributed by atoms with E-state index in [0.717, 1.165) is 37.6 Å². The molecule has 1 rings (SSSR count). The Kier molecular flexibility index (Phi) is 7.58. The summed E-state index contributed by atoms with van der Waals surface area (Å²) in [5.41, 5.74) is -0.0315. The minimum Gasteiger partial charge on any atom is -0.385 e. The van der Waals surface area contributed by atoms with E-state index in [4.69, 9.17) is 4.74 Å². The third kappa shape index (κ3) is 5.90. The molecule has 0 aliphatic rings. The van der Waals surface area contributed by atoms with Crippen molar-refractivity contribution in [3.05, 3.63) is 22.4 Å². The van der Waals surface area contributed by atoms with Crippen molar-refractivity contribution in [2.45, 2.75) is 25.9 Å². The number of aliphatic imine (C=N–C) groups is 1. The second-order valence-electron chi connectivity index (χ2n) is 4.75. The van der Waals surface area contributed by atoms with Crippen LogP contribution in [0.3, 0.4) is 0 Å². The summed E-state index contributed by atoms with van der Waals surface area (Å²) in [4.78, 5) is 4.45. The van der Waals surface area contributed by atoms with Crippen molar-refractivity contribution in [3.8, 4) is 0 Å². The first kappa shape index (κ1) is 16.9. The predicted molar refractivity (Wildman–Crippen MR) is 84.4 cm³/mol. The zero-order chi connectivity index (χ0) is 14.8. The molecule has 0 aromatic carbocycles. The van der Waals surface area contributed by atoms with E-state index in [1.165, 1.54) is 0 Å². The second kappa shape index (κ2) is 8.94. The second-order valence-corrected chi connectivity index (χ2v) is 5.53. The van der Waals surface area contributed by atoms with Crippen molar-refractivity contribution in [1.29, 1.82) is 0 Å². The minimum atomic E-state index is -0.936. The number of thiophene rings is 1. The monoisotopic (exact) mass is 299 g/mol. The van der Waals surface area contributed by atoms with Crippen LogP contribution < -0.4 is 10.6 Å². The van der Waals surface area contributed by atoms with E-state index in [-0.39, 0.29) is 0 Å². The van der Waals surface area contributed by atoms with Gasteiger partial charge in [0.1, 0.15) is 5.60 Å². The van der Waals surface area contributed by atoms with E-state index in [2.05, 4.69) is 15.6 Å². The molecule has 1 heterocycles. The van der Waals surface area contributed by atoms with Gasteiger partial charge in [-0.2, -0.15) is 11.3 Å². The smallest absolute Gasteiger partial charge is 0.191 e. The minimum absolute atomic E-state index is 0.323. The lowest BCUT2D eigenvalue weighted by atomic mass is 10.00. The molecule has 1 unspecified atom stereocenters. The molecular formula is C14H25N3O2S. The van der Waals surface area contributed by atoms with Gasteiger partial charge >= 0.3 is 0 Å². The molecule has 1 atom stereocenters. The van der Waals surface area contributed by atoms with E-state index in [1.54, 1.807) is 25.4 Å². The van der Waals surface area contributed by atoms with Gasteiger partial charge in [-0.1, -0.05) is 0 Å². The predicted octanol–water partition coefficient (Wildman–Crippen LogP) is 1.55. The summed E-state index contributed by atoms with van der Waals surface area (Å²) >= 11 is 1.58. The average Bonchev–Trinajstić information content (AvgIpc) is 2.95. The van der Waals surface area contributed by atoms with Crippen LogP contribution in [0.25, 0.3) is 0 Å². The Labute approximate surface area is 125 Å². The van der Waals surface area contributed by atoms with Crippen LogP contribution in [0.5, 0.6) is 0 Å². The van der Waals surface area contributed by atoms with Crippen LogP contribution in [0.2, 0.25) is 0 Å². The van der Waals surface area contributed by atoms with Crippen molar-refractivity contribution >= 4 is 17.3 Å². The summed E-state index contributed by atoms with van der Waals surface area (Å²) in [6.45, 7) is 6.43. The lowest BCUT2D eigenvalue weighted by molar-refractivity contribution is 0.0677. The van der Waals surface area contributed by atoms with Gasteiger partial charge < -0.3 is 20.5 Å². The SMILES string of the molecule is CCNC(=NCC(C)(O)c1ccsc1)NCCCOC. The average molecular weight is 299 g/mol.